The fourth-order valence-corrected chi connectivity index (χ4v) is 3.40. The van der Waals surface area contributed by atoms with Crippen LogP contribution < -0.4 is 20.9 Å². The van der Waals surface area contributed by atoms with Crippen LogP contribution in [0.5, 0.6) is 11.5 Å². The molecule has 0 atom stereocenters. The molecule has 0 spiro atoms. The molecule has 0 heterocycles. The molecule has 31 heavy (non-hydrogen) atoms. The van der Waals surface area contributed by atoms with Crippen molar-refractivity contribution in [2.45, 2.75) is 47.0 Å². The van der Waals surface area contributed by atoms with Gasteiger partial charge in [0.15, 0.2) is 0 Å². The van der Waals surface area contributed by atoms with Crippen molar-refractivity contribution in [1.29, 1.82) is 10.8 Å². The lowest BCUT2D eigenvalue weighted by Gasteiger charge is -2.15. The Balaban J connectivity index is 0.00000450. The summed E-state index contributed by atoms with van der Waals surface area (Å²) in [5, 5.41) is 15.1. The molecule has 6 nitrogen and oxygen atoms in total. The summed E-state index contributed by atoms with van der Waals surface area (Å²) < 4.78 is 11.9. The Bertz CT molecular complexity index is 797. The zero-order valence-corrected chi connectivity index (χ0v) is 20.3. The molecule has 0 aliphatic carbocycles. The van der Waals surface area contributed by atoms with Crippen molar-refractivity contribution >= 4 is 36.5 Å². The predicted octanol–water partition coefficient (Wildman–Crippen LogP) is 4.96. The summed E-state index contributed by atoms with van der Waals surface area (Å²) in [5.74, 6) is 1.90. The molecule has 2 rings (SSSR count). The van der Waals surface area contributed by atoms with E-state index in [2.05, 4.69) is 0 Å². The van der Waals surface area contributed by atoms with Gasteiger partial charge in [-0.25, -0.2) is 0 Å². The summed E-state index contributed by atoms with van der Waals surface area (Å²) >= 11 is 0. The number of unbranched alkanes of at least 4 members (excludes halogenated alkanes) is 2. The monoisotopic (exact) mass is 468 g/mol. The summed E-state index contributed by atoms with van der Waals surface area (Å²) in [7, 11) is 0. The Morgan fingerprint density at radius 2 is 0.935 bits per heavy atom. The van der Waals surface area contributed by atoms with Crippen molar-refractivity contribution in [2.24, 2.45) is 11.5 Å². The minimum atomic E-state index is 0. The number of nitrogens with two attached hydrogens (primary N) is 2. The van der Waals surface area contributed by atoms with Crippen LogP contribution in [-0.4, -0.2) is 24.9 Å². The van der Waals surface area contributed by atoms with Gasteiger partial charge in [-0.3, -0.25) is 10.8 Å². The molecule has 0 saturated heterocycles. The number of halogens is 2. The number of nitrogens with one attached hydrogen (secondary N) is 2. The van der Waals surface area contributed by atoms with Crippen LogP contribution in [0.4, 0.5) is 0 Å². The third-order valence-corrected chi connectivity index (χ3v) is 4.82. The Labute approximate surface area is 197 Å². The van der Waals surface area contributed by atoms with Crippen LogP contribution in [0.15, 0.2) is 24.3 Å². The van der Waals surface area contributed by atoms with Gasteiger partial charge in [0.25, 0.3) is 0 Å². The normalized spacial score (nSPS) is 9.94. The molecule has 6 N–H and O–H groups in total. The Hall–Kier alpha value is -2.44. The van der Waals surface area contributed by atoms with Crippen LogP contribution in [0.25, 0.3) is 0 Å². The first kappa shape index (κ1) is 28.6. The van der Waals surface area contributed by atoms with E-state index in [0.717, 1.165) is 64.1 Å². The molecule has 0 saturated carbocycles. The number of amidine groups is 2. The van der Waals surface area contributed by atoms with E-state index in [1.54, 1.807) is 0 Å². The Morgan fingerprint density at radius 1 is 0.645 bits per heavy atom. The molecule has 0 aliphatic rings. The van der Waals surface area contributed by atoms with Gasteiger partial charge in [0, 0.05) is 11.1 Å². The largest absolute Gasteiger partial charge is 0.493 e. The van der Waals surface area contributed by atoms with Gasteiger partial charge < -0.3 is 20.9 Å². The molecule has 0 aliphatic heterocycles. The first-order valence-electron chi connectivity index (χ1n) is 9.87. The molecule has 8 heteroatoms. The molecule has 0 bridgehead atoms. The quantitative estimate of drug-likeness (QED) is 0.223. The first-order chi connectivity index (χ1) is 13.7. The molecule has 172 valence electrons. The third-order valence-electron chi connectivity index (χ3n) is 4.82. The number of benzene rings is 2. The lowest BCUT2D eigenvalue weighted by Crippen LogP contribution is -2.12. The molecule has 0 aromatic heterocycles. The van der Waals surface area contributed by atoms with E-state index in [1.165, 1.54) is 0 Å². The number of hydrogen-bond donors (Lipinski definition) is 4. The van der Waals surface area contributed by atoms with Gasteiger partial charge in [0.05, 0.1) is 13.2 Å². The van der Waals surface area contributed by atoms with Crippen LogP contribution in [0.3, 0.4) is 0 Å². The van der Waals surface area contributed by atoms with Gasteiger partial charge in [-0.15, -0.1) is 24.8 Å². The van der Waals surface area contributed by atoms with Crippen molar-refractivity contribution in [3.05, 3.63) is 57.6 Å². The average Bonchev–Trinajstić information content (AvgIpc) is 2.63. The third kappa shape index (κ3) is 7.96. The fraction of sp³-hybridized carbons (Fsp3) is 0.391. The molecular formula is C23H34Cl2N4O2. The molecule has 0 unspecified atom stereocenters. The molecule has 0 fully saturated rings. The maximum atomic E-state index is 7.56. The maximum absolute atomic E-state index is 7.56. The standard InChI is InChI=1S/C23H32N4O2.2ClH/c1-14-10-18(22(24)25)11-15(2)20(14)28-8-6-5-7-9-29-21-16(3)12-19(23(26)27)13-17(21)4;;/h10-13H,5-9H2,1-4H3,(H3,24,25)(H3,26,27);2*1H. The van der Waals surface area contributed by atoms with Crippen molar-refractivity contribution in [1.82, 2.24) is 0 Å². The smallest absolute Gasteiger partial charge is 0.125 e. The molecule has 2 aromatic rings. The first-order valence-corrected chi connectivity index (χ1v) is 9.87. The number of rotatable bonds is 10. The van der Waals surface area contributed by atoms with E-state index in [4.69, 9.17) is 31.8 Å². The number of ether oxygens (including phenoxy) is 2. The zero-order valence-electron chi connectivity index (χ0n) is 18.6. The SMILES string of the molecule is Cc1cc(C(=N)N)cc(C)c1OCCCCCOc1c(C)cc(C(=N)N)cc1C.Cl.Cl. The highest BCUT2D eigenvalue weighted by Gasteiger charge is 2.09. The van der Waals surface area contributed by atoms with Crippen LogP contribution in [0, 0.1) is 38.5 Å². The maximum Gasteiger partial charge on any atom is 0.125 e. The molecular weight excluding hydrogens is 435 g/mol. The van der Waals surface area contributed by atoms with E-state index in [0.29, 0.717) is 13.2 Å². The van der Waals surface area contributed by atoms with Crippen LogP contribution in [0.1, 0.15) is 52.6 Å². The van der Waals surface area contributed by atoms with Crippen LogP contribution in [0.2, 0.25) is 0 Å². The van der Waals surface area contributed by atoms with Gasteiger partial charge in [0.1, 0.15) is 23.2 Å². The van der Waals surface area contributed by atoms with Gasteiger partial charge in [-0.05, 0) is 93.5 Å². The number of hydrogen-bond acceptors (Lipinski definition) is 4. The van der Waals surface area contributed by atoms with Gasteiger partial charge >= 0.3 is 0 Å². The number of nitrogen functional groups attached to an aromatic ring is 2. The minimum absolute atomic E-state index is 0. The summed E-state index contributed by atoms with van der Waals surface area (Å²) in [6.07, 6.45) is 2.89. The van der Waals surface area contributed by atoms with E-state index in [-0.39, 0.29) is 36.5 Å². The van der Waals surface area contributed by atoms with Crippen molar-refractivity contribution in [3.63, 3.8) is 0 Å². The molecule has 0 radical (unpaired) electrons. The second-order valence-corrected chi connectivity index (χ2v) is 7.46. The minimum Gasteiger partial charge on any atom is -0.493 e. The Morgan fingerprint density at radius 3 is 1.19 bits per heavy atom. The second kappa shape index (κ2) is 13.1. The average molecular weight is 469 g/mol. The topological polar surface area (TPSA) is 118 Å². The van der Waals surface area contributed by atoms with Gasteiger partial charge in [0.2, 0.25) is 0 Å². The van der Waals surface area contributed by atoms with E-state index >= 15 is 0 Å². The van der Waals surface area contributed by atoms with Crippen molar-refractivity contribution in [2.75, 3.05) is 13.2 Å². The van der Waals surface area contributed by atoms with E-state index in [1.807, 2.05) is 52.0 Å². The number of aryl methyl sites for hydroxylation is 4. The second-order valence-electron chi connectivity index (χ2n) is 7.46. The van der Waals surface area contributed by atoms with Crippen molar-refractivity contribution < 1.29 is 9.47 Å². The predicted molar refractivity (Wildman–Crippen MR) is 133 cm³/mol. The highest BCUT2D eigenvalue weighted by molar-refractivity contribution is 5.96. The summed E-state index contributed by atoms with van der Waals surface area (Å²) in [5.41, 5.74) is 16.6. The van der Waals surface area contributed by atoms with Gasteiger partial charge in [-0.1, -0.05) is 0 Å². The van der Waals surface area contributed by atoms with Crippen molar-refractivity contribution in [3.8, 4) is 11.5 Å². The lowest BCUT2D eigenvalue weighted by atomic mass is 10.0. The fourth-order valence-electron chi connectivity index (χ4n) is 3.40. The van der Waals surface area contributed by atoms with Crippen LogP contribution in [-0.2, 0) is 0 Å². The van der Waals surface area contributed by atoms with Gasteiger partial charge in [-0.2, -0.15) is 0 Å². The summed E-state index contributed by atoms with van der Waals surface area (Å²) in [6, 6.07) is 7.56. The summed E-state index contributed by atoms with van der Waals surface area (Å²) in [6.45, 7) is 9.20. The highest BCUT2D eigenvalue weighted by atomic mass is 35.5. The lowest BCUT2D eigenvalue weighted by molar-refractivity contribution is 0.276. The molecule has 0 amide bonds. The molecule has 2 aromatic carbocycles. The highest BCUT2D eigenvalue weighted by Crippen LogP contribution is 2.26. The van der Waals surface area contributed by atoms with E-state index < -0.39 is 0 Å². The Kier molecular flexibility index (Phi) is 12.0. The summed E-state index contributed by atoms with van der Waals surface area (Å²) in [4.78, 5) is 0. The zero-order chi connectivity index (χ0) is 21.6. The van der Waals surface area contributed by atoms with Crippen LogP contribution >= 0.6 is 24.8 Å². The van der Waals surface area contributed by atoms with E-state index in [9.17, 15) is 0 Å².